The molecule has 10 heteroatoms. The number of nitrogens with one attached hydrogen (secondary N) is 1. The summed E-state index contributed by atoms with van der Waals surface area (Å²) in [5.74, 6) is -1.35. The molecule has 4 rings (SSSR count). The Labute approximate surface area is 236 Å². The Morgan fingerprint density at radius 3 is 2.33 bits per heavy atom. The van der Waals surface area contributed by atoms with Crippen molar-refractivity contribution in [3.8, 4) is 16.9 Å². The van der Waals surface area contributed by atoms with Gasteiger partial charge >= 0.3 is 5.97 Å². The Bertz CT molecular complexity index is 1470. The number of carboxylic acids is 1. The van der Waals surface area contributed by atoms with E-state index < -0.39 is 23.5 Å². The summed E-state index contributed by atoms with van der Waals surface area (Å²) in [6.07, 6.45) is 4.12. The molecule has 1 aliphatic carbocycles. The molecule has 0 aliphatic heterocycles. The van der Waals surface area contributed by atoms with Crippen molar-refractivity contribution in [3.05, 3.63) is 81.2 Å². The molecule has 40 heavy (non-hydrogen) atoms. The SMILES string of the molecule is COc1cn(C(C[C@H]2CC[C@H](O)CC2)C(=O)Nc2ccc(C(=O)O)cc2)c(=O)cc1-c1cc(Cl)ccc1C(C)=O. The first-order valence-electron chi connectivity index (χ1n) is 13.0. The van der Waals surface area contributed by atoms with Gasteiger partial charge in [0.05, 0.1) is 25.0 Å². The highest BCUT2D eigenvalue weighted by Crippen LogP contribution is 2.36. The topological polar surface area (TPSA) is 135 Å². The lowest BCUT2D eigenvalue weighted by Gasteiger charge is -2.29. The van der Waals surface area contributed by atoms with Crippen LogP contribution >= 0.6 is 11.6 Å². The maximum Gasteiger partial charge on any atom is 0.335 e. The molecule has 1 unspecified atom stereocenters. The number of ether oxygens (including phenoxy) is 1. The van der Waals surface area contributed by atoms with Crippen molar-refractivity contribution >= 4 is 34.9 Å². The number of hydrogen-bond acceptors (Lipinski definition) is 6. The number of pyridine rings is 1. The van der Waals surface area contributed by atoms with Crippen LogP contribution in [0.4, 0.5) is 5.69 Å². The van der Waals surface area contributed by atoms with E-state index in [4.69, 9.17) is 21.4 Å². The third-order valence-electron chi connectivity index (χ3n) is 7.33. The van der Waals surface area contributed by atoms with Gasteiger partial charge in [-0.1, -0.05) is 11.6 Å². The zero-order valence-corrected chi connectivity index (χ0v) is 23.0. The van der Waals surface area contributed by atoms with E-state index in [1.807, 2.05) is 0 Å². The highest BCUT2D eigenvalue weighted by atomic mass is 35.5. The number of aliphatic hydroxyl groups excluding tert-OH is 1. The monoisotopic (exact) mass is 566 g/mol. The molecule has 0 bridgehead atoms. The van der Waals surface area contributed by atoms with E-state index in [1.165, 1.54) is 55.1 Å². The number of amides is 1. The van der Waals surface area contributed by atoms with Gasteiger partial charge in [0.15, 0.2) is 5.78 Å². The van der Waals surface area contributed by atoms with Crippen LogP contribution in [0, 0.1) is 5.92 Å². The maximum absolute atomic E-state index is 13.6. The zero-order valence-electron chi connectivity index (χ0n) is 22.2. The summed E-state index contributed by atoms with van der Waals surface area (Å²) in [6, 6.07) is 11.0. The van der Waals surface area contributed by atoms with Gasteiger partial charge < -0.3 is 20.3 Å². The van der Waals surface area contributed by atoms with Crippen LogP contribution in [-0.4, -0.2) is 45.7 Å². The first kappa shape index (κ1) is 29.0. The summed E-state index contributed by atoms with van der Waals surface area (Å²) in [4.78, 5) is 50.7. The lowest BCUT2D eigenvalue weighted by Crippen LogP contribution is -2.35. The number of aliphatic hydroxyl groups is 1. The number of rotatable bonds is 9. The molecular weight excluding hydrogens is 536 g/mol. The fourth-order valence-electron chi connectivity index (χ4n) is 5.16. The van der Waals surface area contributed by atoms with Crippen LogP contribution in [0.5, 0.6) is 5.75 Å². The fourth-order valence-corrected chi connectivity index (χ4v) is 5.33. The number of halogens is 1. The minimum absolute atomic E-state index is 0.0813. The van der Waals surface area contributed by atoms with Gasteiger partial charge in [-0.15, -0.1) is 0 Å². The molecule has 210 valence electrons. The molecule has 1 saturated carbocycles. The molecule has 1 atom stereocenters. The molecule has 9 nitrogen and oxygen atoms in total. The molecule has 3 aromatic rings. The quantitative estimate of drug-likeness (QED) is 0.303. The van der Waals surface area contributed by atoms with Gasteiger partial charge in [0, 0.05) is 27.9 Å². The van der Waals surface area contributed by atoms with E-state index in [0.29, 0.717) is 59.5 Å². The number of Topliss-reactive ketones (excluding diaryl/α,β-unsaturated/α-hetero) is 1. The van der Waals surface area contributed by atoms with Crippen LogP contribution in [0.3, 0.4) is 0 Å². The van der Waals surface area contributed by atoms with Crippen LogP contribution in [-0.2, 0) is 4.79 Å². The molecule has 1 aliphatic rings. The Hall–Kier alpha value is -3.95. The second-order valence-corrected chi connectivity index (χ2v) is 10.5. The van der Waals surface area contributed by atoms with Crippen LogP contribution in [0.1, 0.15) is 65.8 Å². The van der Waals surface area contributed by atoms with E-state index in [1.54, 1.807) is 18.2 Å². The highest BCUT2D eigenvalue weighted by Gasteiger charge is 2.30. The predicted octanol–water partition coefficient (Wildman–Crippen LogP) is 5.20. The van der Waals surface area contributed by atoms with Crippen molar-refractivity contribution in [1.82, 2.24) is 4.57 Å². The van der Waals surface area contributed by atoms with Crippen molar-refractivity contribution in [2.45, 2.75) is 51.2 Å². The van der Waals surface area contributed by atoms with Crippen LogP contribution in [0.25, 0.3) is 11.1 Å². The number of aromatic carboxylic acids is 1. The number of methoxy groups -OCH3 is 1. The second kappa shape index (κ2) is 12.5. The number of hydrogen-bond donors (Lipinski definition) is 3. The van der Waals surface area contributed by atoms with Gasteiger partial charge in [0.1, 0.15) is 11.8 Å². The smallest absolute Gasteiger partial charge is 0.335 e. The van der Waals surface area contributed by atoms with Crippen LogP contribution < -0.4 is 15.6 Å². The average Bonchev–Trinajstić information content (AvgIpc) is 2.92. The molecular formula is C30H31ClN2O7. The van der Waals surface area contributed by atoms with E-state index in [9.17, 15) is 24.3 Å². The Morgan fingerprint density at radius 1 is 1.05 bits per heavy atom. The molecule has 1 amide bonds. The summed E-state index contributed by atoms with van der Waals surface area (Å²) >= 11 is 6.21. The zero-order chi connectivity index (χ0) is 29.0. The summed E-state index contributed by atoms with van der Waals surface area (Å²) < 4.78 is 6.95. The van der Waals surface area contributed by atoms with Crippen molar-refractivity contribution in [2.75, 3.05) is 12.4 Å². The van der Waals surface area contributed by atoms with E-state index in [-0.39, 0.29) is 29.1 Å². The van der Waals surface area contributed by atoms with Gasteiger partial charge in [-0.2, -0.15) is 0 Å². The Kier molecular flexibility index (Phi) is 9.07. The number of carbonyl (C=O) groups excluding carboxylic acids is 2. The fraction of sp³-hybridized carbons (Fsp3) is 0.333. The predicted molar refractivity (Wildman–Crippen MR) is 151 cm³/mol. The lowest BCUT2D eigenvalue weighted by atomic mass is 9.83. The summed E-state index contributed by atoms with van der Waals surface area (Å²) in [7, 11) is 1.44. The van der Waals surface area contributed by atoms with E-state index >= 15 is 0 Å². The molecule has 0 saturated heterocycles. The number of anilines is 1. The minimum atomic E-state index is -1.08. The summed E-state index contributed by atoms with van der Waals surface area (Å²) in [5, 5.41) is 22.3. The summed E-state index contributed by atoms with van der Waals surface area (Å²) in [5.41, 5.74) is 1.20. The largest absolute Gasteiger partial charge is 0.495 e. The van der Waals surface area contributed by atoms with E-state index in [0.717, 1.165) is 0 Å². The first-order chi connectivity index (χ1) is 19.1. The maximum atomic E-state index is 13.6. The van der Waals surface area contributed by atoms with Crippen LogP contribution in [0.15, 0.2) is 59.5 Å². The van der Waals surface area contributed by atoms with Gasteiger partial charge in [-0.3, -0.25) is 19.0 Å². The van der Waals surface area contributed by atoms with Crippen molar-refractivity contribution in [3.63, 3.8) is 0 Å². The number of carbonyl (C=O) groups is 3. The third-order valence-corrected chi connectivity index (χ3v) is 7.56. The Balaban J connectivity index is 1.74. The van der Waals surface area contributed by atoms with E-state index in [2.05, 4.69) is 5.32 Å². The van der Waals surface area contributed by atoms with Crippen molar-refractivity contribution in [2.24, 2.45) is 5.92 Å². The minimum Gasteiger partial charge on any atom is -0.495 e. The normalized spacial score (nSPS) is 17.6. The molecule has 0 radical (unpaired) electrons. The number of ketones is 1. The molecule has 3 N–H and O–H groups in total. The number of benzene rings is 2. The number of nitrogens with zero attached hydrogens (tertiary/aromatic N) is 1. The number of carboxylic acid groups (broad SMARTS) is 1. The third kappa shape index (κ3) is 6.60. The molecule has 1 aromatic heterocycles. The number of aromatic nitrogens is 1. The first-order valence-corrected chi connectivity index (χ1v) is 13.4. The van der Waals surface area contributed by atoms with Gasteiger partial charge in [0.2, 0.25) is 5.91 Å². The Morgan fingerprint density at radius 2 is 1.73 bits per heavy atom. The van der Waals surface area contributed by atoms with Crippen molar-refractivity contribution in [1.29, 1.82) is 0 Å². The average molecular weight is 567 g/mol. The molecule has 0 spiro atoms. The van der Waals surface area contributed by atoms with Crippen LogP contribution in [0.2, 0.25) is 5.02 Å². The second-order valence-electron chi connectivity index (χ2n) is 10.0. The molecule has 1 heterocycles. The van der Waals surface area contributed by atoms with Crippen molar-refractivity contribution < 1.29 is 29.3 Å². The standard InChI is InChI=1S/C30H31ClN2O7/c1-17(34)23-12-7-20(31)14-24(23)25-15-28(36)33(16-27(25)40-2)26(13-18-3-10-22(35)11-4-18)29(37)32-21-8-5-19(6-9-21)30(38)39/h5-9,12,14-16,18,22,26,35H,3-4,10-11,13H2,1-2H3,(H,32,37)(H,38,39)/t18-,22-,26?. The lowest BCUT2D eigenvalue weighted by molar-refractivity contribution is -0.120. The molecule has 2 aromatic carbocycles. The molecule has 1 fully saturated rings. The van der Waals surface area contributed by atoms with Gasteiger partial charge in [0.25, 0.3) is 5.56 Å². The van der Waals surface area contributed by atoms with Gasteiger partial charge in [-0.25, -0.2) is 4.79 Å². The summed E-state index contributed by atoms with van der Waals surface area (Å²) in [6.45, 7) is 1.42. The van der Waals surface area contributed by atoms with Gasteiger partial charge in [-0.05, 0) is 93.0 Å². The highest BCUT2D eigenvalue weighted by molar-refractivity contribution is 6.31.